The summed E-state index contributed by atoms with van der Waals surface area (Å²) in [5, 5.41) is 25.7. The SMILES string of the molecule is O=c1[nH]nc(-c2ccc3c(c2)CCO3)c(CC2CC2)c1CN(CCO)CCO. The van der Waals surface area contributed by atoms with Gasteiger partial charge in [-0.3, -0.25) is 9.69 Å². The van der Waals surface area contributed by atoms with Gasteiger partial charge in [-0.1, -0.05) is 0 Å². The fraction of sp³-hybridized carbons (Fsp3) is 0.524. The monoisotopic (exact) mass is 385 g/mol. The zero-order valence-corrected chi connectivity index (χ0v) is 16.0. The number of ether oxygens (including phenoxy) is 1. The first-order valence-corrected chi connectivity index (χ1v) is 10.00. The third kappa shape index (κ3) is 4.11. The van der Waals surface area contributed by atoms with E-state index in [4.69, 9.17) is 4.74 Å². The number of aliphatic hydroxyl groups excluding tert-OH is 2. The molecule has 1 aliphatic heterocycles. The van der Waals surface area contributed by atoms with E-state index in [0.717, 1.165) is 35.4 Å². The van der Waals surface area contributed by atoms with Crippen molar-refractivity contribution in [2.45, 2.75) is 32.2 Å². The minimum atomic E-state index is -0.190. The number of aromatic nitrogens is 2. The molecule has 4 rings (SSSR count). The highest BCUT2D eigenvalue weighted by atomic mass is 16.5. The van der Waals surface area contributed by atoms with E-state index in [2.05, 4.69) is 16.3 Å². The Bertz CT molecular complexity index is 886. The van der Waals surface area contributed by atoms with E-state index in [0.29, 0.717) is 37.7 Å². The van der Waals surface area contributed by atoms with Crippen molar-refractivity contribution in [1.29, 1.82) is 0 Å². The van der Waals surface area contributed by atoms with E-state index in [1.54, 1.807) is 0 Å². The largest absolute Gasteiger partial charge is 0.493 e. The highest BCUT2D eigenvalue weighted by Crippen LogP contribution is 2.37. The molecule has 7 nitrogen and oxygen atoms in total. The molecule has 2 heterocycles. The van der Waals surface area contributed by atoms with Crippen molar-refractivity contribution in [3.05, 3.63) is 45.2 Å². The second kappa shape index (κ2) is 8.43. The summed E-state index contributed by atoms with van der Waals surface area (Å²) in [6, 6.07) is 6.10. The molecular formula is C21H27N3O4. The standard InChI is InChI=1S/C21H27N3O4/c25-8-6-24(7-9-26)13-18-17(11-14-1-2-14)20(22-23-21(18)27)16-3-4-19-15(12-16)5-10-28-19/h3-4,12,14,25-26H,1-2,5-11,13H2,(H,23,27). The Morgan fingerprint density at radius 2 is 1.96 bits per heavy atom. The lowest BCUT2D eigenvalue weighted by molar-refractivity contribution is 0.155. The molecule has 0 amide bonds. The van der Waals surface area contributed by atoms with Crippen LogP contribution in [0.15, 0.2) is 23.0 Å². The van der Waals surface area contributed by atoms with Crippen LogP contribution in [0, 0.1) is 5.92 Å². The lowest BCUT2D eigenvalue weighted by Gasteiger charge is -2.22. The maximum absolute atomic E-state index is 12.7. The highest BCUT2D eigenvalue weighted by Gasteiger charge is 2.27. The van der Waals surface area contributed by atoms with Crippen LogP contribution >= 0.6 is 0 Å². The van der Waals surface area contributed by atoms with Gasteiger partial charge in [0.2, 0.25) is 0 Å². The number of aliphatic hydroxyl groups is 2. The van der Waals surface area contributed by atoms with Crippen LogP contribution in [0.5, 0.6) is 5.75 Å². The Balaban J connectivity index is 1.75. The first-order chi connectivity index (χ1) is 13.7. The molecular weight excluding hydrogens is 358 g/mol. The summed E-state index contributed by atoms with van der Waals surface area (Å²) in [5.41, 5.74) is 4.48. The fourth-order valence-corrected chi connectivity index (χ4v) is 3.87. The molecule has 1 aliphatic carbocycles. The normalized spacial score (nSPS) is 15.7. The Morgan fingerprint density at radius 1 is 1.18 bits per heavy atom. The lowest BCUT2D eigenvalue weighted by Crippen LogP contribution is -2.33. The molecule has 0 spiro atoms. The number of aromatic amines is 1. The van der Waals surface area contributed by atoms with Gasteiger partial charge in [0.1, 0.15) is 5.75 Å². The van der Waals surface area contributed by atoms with Gasteiger partial charge in [-0.05, 0) is 54.5 Å². The Kier molecular flexibility index (Phi) is 5.75. The van der Waals surface area contributed by atoms with Gasteiger partial charge in [-0.15, -0.1) is 0 Å². The number of fused-ring (bicyclic) bond motifs is 1. The molecule has 7 heteroatoms. The van der Waals surface area contributed by atoms with Crippen molar-refractivity contribution >= 4 is 0 Å². The second-order valence-corrected chi connectivity index (χ2v) is 7.65. The van der Waals surface area contributed by atoms with Gasteiger partial charge in [-0.2, -0.15) is 5.10 Å². The summed E-state index contributed by atoms with van der Waals surface area (Å²) in [5.74, 6) is 1.53. The zero-order valence-electron chi connectivity index (χ0n) is 16.0. The topological polar surface area (TPSA) is 98.7 Å². The summed E-state index contributed by atoms with van der Waals surface area (Å²) < 4.78 is 5.61. The van der Waals surface area contributed by atoms with Crippen LogP contribution in [0.4, 0.5) is 0 Å². The van der Waals surface area contributed by atoms with E-state index in [9.17, 15) is 15.0 Å². The van der Waals surface area contributed by atoms with Crippen LogP contribution < -0.4 is 10.3 Å². The highest BCUT2D eigenvalue weighted by molar-refractivity contribution is 5.66. The number of hydrogen-bond donors (Lipinski definition) is 3. The lowest BCUT2D eigenvalue weighted by atomic mass is 9.96. The molecule has 1 fully saturated rings. The molecule has 0 atom stereocenters. The van der Waals surface area contributed by atoms with Gasteiger partial charge in [-0.25, -0.2) is 5.10 Å². The predicted molar refractivity (Wildman–Crippen MR) is 105 cm³/mol. The quantitative estimate of drug-likeness (QED) is 0.598. The van der Waals surface area contributed by atoms with Gasteiger partial charge in [0, 0.05) is 37.2 Å². The molecule has 28 heavy (non-hydrogen) atoms. The summed E-state index contributed by atoms with van der Waals surface area (Å²) in [6.45, 7) is 1.89. The molecule has 0 bridgehead atoms. The predicted octanol–water partition coefficient (Wildman–Crippen LogP) is 1.11. The molecule has 1 aromatic carbocycles. The average Bonchev–Trinajstić information content (AvgIpc) is 3.38. The molecule has 3 N–H and O–H groups in total. The molecule has 1 aromatic heterocycles. The first-order valence-electron chi connectivity index (χ1n) is 10.00. The van der Waals surface area contributed by atoms with Gasteiger partial charge >= 0.3 is 0 Å². The molecule has 2 aliphatic rings. The molecule has 0 unspecified atom stereocenters. The van der Waals surface area contributed by atoms with Gasteiger partial charge < -0.3 is 14.9 Å². The molecule has 0 saturated heterocycles. The van der Waals surface area contributed by atoms with Crippen molar-refractivity contribution in [2.24, 2.45) is 5.92 Å². The van der Waals surface area contributed by atoms with E-state index in [-0.39, 0.29) is 18.8 Å². The molecule has 2 aromatic rings. The van der Waals surface area contributed by atoms with Crippen molar-refractivity contribution in [1.82, 2.24) is 15.1 Å². The van der Waals surface area contributed by atoms with E-state index in [1.807, 2.05) is 17.0 Å². The number of nitrogens with zero attached hydrogens (tertiary/aromatic N) is 2. The third-order valence-electron chi connectivity index (χ3n) is 5.56. The number of nitrogens with one attached hydrogen (secondary N) is 1. The van der Waals surface area contributed by atoms with Crippen molar-refractivity contribution in [3.63, 3.8) is 0 Å². The van der Waals surface area contributed by atoms with Gasteiger partial charge in [0.15, 0.2) is 0 Å². The number of rotatable bonds is 9. The average molecular weight is 385 g/mol. The van der Waals surface area contributed by atoms with Crippen LogP contribution in [0.2, 0.25) is 0 Å². The van der Waals surface area contributed by atoms with Gasteiger partial charge in [0.05, 0.1) is 25.5 Å². The Morgan fingerprint density at radius 3 is 2.68 bits per heavy atom. The third-order valence-corrected chi connectivity index (χ3v) is 5.56. The number of H-pyrrole nitrogens is 1. The maximum Gasteiger partial charge on any atom is 0.268 e. The molecule has 1 saturated carbocycles. The first kappa shape index (κ1) is 19.1. The van der Waals surface area contributed by atoms with Crippen molar-refractivity contribution in [3.8, 4) is 17.0 Å². The van der Waals surface area contributed by atoms with Crippen molar-refractivity contribution in [2.75, 3.05) is 32.9 Å². The smallest absolute Gasteiger partial charge is 0.268 e. The minimum absolute atomic E-state index is 0.0153. The molecule has 150 valence electrons. The maximum atomic E-state index is 12.7. The van der Waals surface area contributed by atoms with Crippen LogP contribution in [0.1, 0.15) is 29.5 Å². The van der Waals surface area contributed by atoms with Crippen LogP contribution in [0.25, 0.3) is 11.3 Å². The van der Waals surface area contributed by atoms with E-state index >= 15 is 0 Å². The van der Waals surface area contributed by atoms with Crippen LogP contribution in [-0.2, 0) is 19.4 Å². The van der Waals surface area contributed by atoms with E-state index < -0.39 is 0 Å². The minimum Gasteiger partial charge on any atom is -0.493 e. The van der Waals surface area contributed by atoms with Crippen LogP contribution in [0.3, 0.4) is 0 Å². The Hall–Kier alpha value is -2.22. The van der Waals surface area contributed by atoms with Crippen molar-refractivity contribution < 1.29 is 14.9 Å². The number of benzene rings is 1. The second-order valence-electron chi connectivity index (χ2n) is 7.65. The van der Waals surface area contributed by atoms with Crippen LogP contribution in [-0.4, -0.2) is 58.2 Å². The fourth-order valence-electron chi connectivity index (χ4n) is 3.87. The summed E-state index contributed by atoms with van der Waals surface area (Å²) >= 11 is 0. The Labute approximate surface area is 164 Å². The number of hydrogen-bond acceptors (Lipinski definition) is 6. The summed E-state index contributed by atoms with van der Waals surface area (Å²) in [7, 11) is 0. The molecule has 0 radical (unpaired) electrons. The van der Waals surface area contributed by atoms with E-state index in [1.165, 1.54) is 18.4 Å². The summed E-state index contributed by atoms with van der Waals surface area (Å²) in [4.78, 5) is 14.6. The van der Waals surface area contributed by atoms with Gasteiger partial charge in [0.25, 0.3) is 5.56 Å². The zero-order chi connectivity index (χ0) is 19.5. The summed E-state index contributed by atoms with van der Waals surface area (Å²) in [6.07, 6.45) is 4.08.